The summed E-state index contributed by atoms with van der Waals surface area (Å²) in [5.41, 5.74) is 0.811. The highest BCUT2D eigenvalue weighted by molar-refractivity contribution is 5.41. The average molecular weight is 237 g/mol. The fourth-order valence-corrected chi connectivity index (χ4v) is 2.28. The van der Waals surface area contributed by atoms with Crippen molar-refractivity contribution in [2.24, 2.45) is 5.92 Å². The van der Waals surface area contributed by atoms with Crippen LogP contribution in [0.15, 0.2) is 18.3 Å². The molecule has 17 heavy (non-hydrogen) atoms. The molecule has 0 spiro atoms. The Morgan fingerprint density at radius 3 is 2.94 bits per heavy atom. The molecule has 2 heterocycles. The molecule has 1 fully saturated rings. The topological polar surface area (TPSA) is 28.2 Å². The third-order valence-electron chi connectivity index (χ3n) is 3.15. The maximum absolute atomic E-state index is 12.9. The molecule has 0 bridgehead atoms. The number of halogens is 1. The van der Waals surface area contributed by atoms with Gasteiger partial charge < -0.3 is 10.2 Å². The van der Waals surface area contributed by atoms with E-state index in [9.17, 15) is 4.39 Å². The van der Waals surface area contributed by atoms with Gasteiger partial charge in [0.1, 0.15) is 0 Å². The zero-order chi connectivity index (χ0) is 12.1. The largest absolute Gasteiger partial charge is 0.385 e. The smallest absolute Gasteiger partial charge is 0.214 e. The van der Waals surface area contributed by atoms with E-state index in [1.165, 1.54) is 38.2 Å². The highest BCUT2D eigenvalue weighted by atomic mass is 19.1. The number of hydrogen-bond donors (Lipinski definition) is 1. The summed E-state index contributed by atoms with van der Waals surface area (Å²) in [7, 11) is 0. The Labute approximate surface area is 102 Å². The van der Waals surface area contributed by atoms with E-state index < -0.39 is 5.95 Å². The second-order valence-electron chi connectivity index (χ2n) is 4.86. The summed E-state index contributed by atoms with van der Waals surface area (Å²) in [6, 6.07) is 3.23. The van der Waals surface area contributed by atoms with Gasteiger partial charge >= 0.3 is 0 Å². The summed E-state index contributed by atoms with van der Waals surface area (Å²) in [5, 5.41) is 3.25. The number of rotatable bonds is 5. The molecule has 0 amide bonds. The van der Waals surface area contributed by atoms with Crippen molar-refractivity contribution in [3.05, 3.63) is 24.3 Å². The van der Waals surface area contributed by atoms with E-state index in [1.54, 1.807) is 6.07 Å². The maximum atomic E-state index is 12.9. The normalized spacial score (nSPS) is 18.2. The zero-order valence-electron chi connectivity index (χ0n) is 10.3. The molecule has 1 aromatic rings. The van der Waals surface area contributed by atoms with E-state index in [0.29, 0.717) is 5.92 Å². The molecule has 1 atom stereocenters. The van der Waals surface area contributed by atoms with Gasteiger partial charge in [-0.3, -0.25) is 0 Å². The number of likely N-dealkylation sites (tertiary alicyclic amines) is 1. The predicted molar refractivity (Wildman–Crippen MR) is 67.5 cm³/mol. The molecule has 0 saturated carbocycles. The van der Waals surface area contributed by atoms with Gasteiger partial charge in [0.05, 0.1) is 0 Å². The third kappa shape index (κ3) is 3.97. The minimum Gasteiger partial charge on any atom is -0.385 e. The molecule has 1 N–H and O–H groups in total. The van der Waals surface area contributed by atoms with Gasteiger partial charge in [0.2, 0.25) is 5.95 Å². The quantitative estimate of drug-likeness (QED) is 0.797. The first-order valence-corrected chi connectivity index (χ1v) is 6.32. The fourth-order valence-electron chi connectivity index (χ4n) is 2.28. The second-order valence-corrected chi connectivity index (χ2v) is 4.86. The van der Waals surface area contributed by atoms with E-state index in [-0.39, 0.29) is 0 Å². The van der Waals surface area contributed by atoms with Crippen LogP contribution in [0.5, 0.6) is 0 Å². The summed E-state index contributed by atoms with van der Waals surface area (Å²) in [5.74, 6) is 0.145. The van der Waals surface area contributed by atoms with E-state index in [0.717, 1.165) is 18.8 Å². The van der Waals surface area contributed by atoms with Crippen molar-refractivity contribution in [3.8, 4) is 0 Å². The van der Waals surface area contributed by atoms with Crippen LogP contribution in [0.1, 0.15) is 19.8 Å². The van der Waals surface area contributed by atoms with Gasteiger partial charge in [-0.2, -0.15) is 4.39 Å². The number of anilines is 1. The molecule has 94 valence electrons. The van der Waals surface area contributed by atoms with Gasteiger partial charge in [-0.15, -0.1) is 0 Å². The lowest BCUT2D eigenvalue weighted by molar-refractivity contribution is 0.294. The molecular formula is C13H20FN3. The Bertz CT molecular complexity index is 350. The van der Waals surface area contributed by atoms with Crippen molar-refractivity contribution in [1.82, 2.24) is 9.88 Å². The number of hydrogen-bond acceptors (Lipinski definition) is 3. The lowest BCUT2D eigenvalue weighted by Gasteiger charge is -2.20. The van der Waals surface area contributed by atoms with E-state index in [4.69, 9.17) is 0 Å². The van der Waals surface area contributed by atoms with Crippen LogP contribution in [0, 0.1) is 11.9 Å². The van der Waals surface area contributed by atoms with Crippen LogP contribution in [0.2, 0.25) is 0 Å². The van der Waals surface area contributed by atoms with Crippen molar-refractivity contribution in [3.63, 3.8) is 0 Å². The first-order chi connectivity index (χ1) is 8.24. The van der Waals surface area contributed by atoms with Crippen LogP contribution in [0.4, 0.5) is 10.1 Å². The monoisotopic (exact) mass is 237 g/mol. The minimum atomic E-state index is -0.429. The highest BCUT2D eigenvalue weighted by Crippen LogP contribution is 2.12. The van der Waals surface area contributed by atoms with Crippen molar-refractivity contribution in [2.45, 2.75) is 19.8 Å². The standard InChI is InChI=1S/C13H20FN3/c1-11(10-17-6-2-3-7-17)9-16-12-4-5-15-13(14)8-12/h4-5,8,11H,2-3,6-7,9-10H2,1H3,(H,15,16). The summed E-state index contributed by atoms with van der Waals surface area (Å²) in [6.07, 6.45) is 4.15. The van der Waals surface area contributed by atoms with Crippen LogP contribution in [-0.2, 0) is 0 Å². The Kier molecular flexibility index (Phi) is 4.31. The molecule has 0 aromatic carbocycles. The average Bonchev–Trinajstić information content (AvgIpc) is 2.79. The lowest BCUT2D eigenvalue weighted by Crippen LogP contribution is -2.28. The Balaban J connectivity index is 1.73. The molecule has 0 aliphatic carbocycles. The summed E-state index contributed by atoms with van der Waals surface area (Å²) in [6.45, 7) is 6.69. The summed E-state index contributed by atoms with van der Waals surface area (Å²) >= 11 is 0. The molecule has 3 nitrogen and oxygen atoms in total. The Morgan fingerprint density at radius 1 is 1.47 bits per heavy atom. The van der Waals surface area contributed by atoms with E-state index in [2.05, 4.69) is 22.1 Å². The van der Waals surface area contributed by atoms with Gasteiger partial charge in [0, 0.05) is 31.0 Å². The van der Waals surface area contributed by atoms with Crippen LogP contribution >= 0.6 is 0 Å². The molecule has 1 saturated heterocycles. The molecule has 2 rings (SSSR count). The molecule has 1 aliphatic rings. The summed E-state index contributed by atoms with van der Waals surface area (Å²) < 4.78 is 12.9. The van der Waals surface area contributed by atoms with Gasteiger partial charge in [-0.25, -0.2) is 4.98 Å². The highest BCUT2D eigenvalue weighted by Gasteiger charge is 2.14. The van der Waals surface area contributed by atoms with Gasteiger partial charge in [-0.05, 0) is 37.9 Å². The van der Waals surface area contributed by atoms with Crippen molar-refractivity contribution < 1.29 is 4.39 Å². The SMILES string of the molecule is CC(CNc1ccnc(F)c1)CN1CCCC1. The lowest BCUT2D eigenvalue weighted by atomic mass is 10.1. The Hall–Kier alpha value is -1.16. The molecule has 0 radical (unpaired) electrons. The molecule has 4 heteroatoms. The van der Waals surface area contributed by atoms with Crippen LogP contribution < -0.4 is 5.32 Å². The predicted octanol–water partition coefficient (Wildman–Crippen LogP) is 2.36. The maximum Gasteiger partial charge on any atom is 0.214 e. The van der Waals surface area contributed by atoms with E-state index in [1.807, 2.05) is 0 Å². The van der Waals surface area contributed by atoms with Gasteiger partial charge in [0.15, 0.2) is 0 Å². The molecule has 1 unspecified atom stereocenters. The summed E-state index contributed by atoms with van der Waals surface area (Å²) in [4.78, 5) is 6.03. The molecular weight excluding hydrogens is 217 g/mol. The van der Waals surface area contributed by atoms with Crippen LogP contribution in [-0.4, -0.2) is 36.1 Å². The van der Waals surface area contributed by atoms with E-state index >= 15 is 0 Å². The zero-order valence-corrected chi connectivity index (χ0v) is 10.3. The number of aromatic nitrogens is 1. The molecule has 1 aromatic heterocycles. The van der Waals surface area contributed by atoms with Crippen LogP contribution in [0.25, 0.3) is 0 Å². The number of nitrogens with one attached hydrogen (secondary N) is 1. The van der Waals surface area contributed by atoms with Gasteiger partial charge in [-0.1, -0.05) is 6.92 Å². The number of pyridine rings is 1. The second kappa shape index (κ2) is 5.96. The first-order valence-electron chi connectivity index (χ1n) is 6.32. The minimum absolute atomic E-state index is 0.429. The Morgan fingerprint density at radius 2 is 2.24 bits per heavy atom. The van der Waals surface area contributed by atoms with Crippen molar-refractivity contribution >= 4 is 5.69 Å². The third-order valence-corrected chi connectivity index (χ3v) is 3.15. The first kappa shape index (κ1) is 12.3. The van der Waals surface area contributed by atoms with Gasteiger partial charge in [0.25, 0.3) is 0 Å². The molecule has 1 aliphatic heterocycles. The van der Waals surface area contributed by atoms with Crippen LogP contribution in [0.3, 0.4) is 0 Å². The number of nitrogens with zero attached hydrogens (tertiary/aromatic N) is 2. The fraction of sp³-hybridized carbons (Fsp3) is 0.615. The van der Waals surface area contributed by atoms with Crippen molar-refractivity contribution in [1.29, 1.82) is 0 Å². The van der Waals surface area contributed by atoms with Crippen molar-refractivity contribution in [2.75, 3.05) is 31.5 Å².